The monoisotopic (exact) mass is 308 g/mol. The summed E-state index contributed by atoms with van der Waals surface area (Å²) >= 11 is 0. The van der Waals surface area contributed by atoms with Crippen molar-refractivity contribution in [1.82, 2.24) is 5.32 Å². The maximum absolute atomic E-state index is 12.0. The minimum atomic E-state index is -0.636. The number of hydrogen-bond donors (Lipinski definition) is 1. The van der Waals surface area contributed by atoms with Crippen molar-refractivity contribution in [2.75, 3.05) is 34.5 Å². The second kappa shape index (κ2) is 7.65. The maximum Gasteiger partial charge on any atom is 0.264 e. The van der Waals surface area contributed by atoms with Crippen LogP contribution in [-0.2, 0) is 14.4 Å². The molecular formula is C15H20N2O5. The van der Waals surface area contributed by atoms with Crippen molar-refractivity contribution in [1.29, 1.82) is 0 Å². The topological polar surface area (TPSA) is 78.4 Å². The second-order valence-electron chi connectivity index (χ2n) is 4.69. The zero-order valence-corrected chi connectivity index (χ0v) is 12.9. The molecule has 1 aliphatic heterocycles. The van der Waals surface area contributed by atoms with Gasteiger partial charge in [-0.15, -0.1) is 0 Å². The summed E-state index contributed by atoms with van der Waals surface area (Å²) in [6.07, 6.45) is -0.259. The Bertz CT molecular complexity index is 559. The van der Waals surface area contributed by atoms with Gasteiger partial charge < -0.3 is 24.4 Å². The van der Waals surface area contributed by atoms with Gasteiger partial charge in [0.25, 0.3) is 5.91 Å². The molecule has 1 aromatic carbocycles. The molecule has 2 rings (SSSR count). The number of methoxy groups -OCH3 is 3. The lowest BCUT2D eigenvalue weighted by atomic mass is 10.0. The van der Waals surface area contributed by atoms with Crippen LogP contribution in [0.4, 0.5) is 0 Å². The lowest BCUT2D eigenvalue weighted by Gasteiger charge is -2.10. The van der Waals surface area contributed by atoms with Crippen LogP contribution >= 0.6 is 0 Å². The van der Waals surface area contributed by atoms with Crippen LogP contribution in [0.3, 0.4) is 0 Å². The van der Waals surface area contributed by atoms with Crippen LogP contribution in [0.25, 0.3) is 0 Å². The lowest BCUT2D eigenvalue weighted by molar-refractivity contribution is -0.131. The first-order valence-electron chi connectivity index (χ1n) is 6.91. The number of benzene rings is 1. The van der Waals surface area contributed by atoms with E-state index < -0.39 is 6.10 Å². The van der Waals surface area contributed by atoms with Crippen molar-refractivity contribution < 1.29 is 23.8 Å². The highest BCUT2D eigenvalue weighted by Gasteiger charge is 2.30. The molecule has 1 N–H and O–H groups in total. The van der Waals surface area contributed by atoms with E-state index in [0.29, 0.717) is 36.8 Å². The van der Waals surface area contributed by atoms with Gasteiger partial charge >= 0.3 is 0 Å². The summed E-state index contributed by atoms with van der Waals surface area (Å²) in [4.78, 5) is 17.2. The van der Waals surface area contributed by atoms with Crippen LogP contribution in [0.15, 0.2) is 23.4 Å². The van der Waals surface area contributed by atoms with E-state index in [2.05, 4.69) is 10.5 Å². The first-order chi connectivity index (χ1) is 10.7. The molecule has 0 radical (unpaired) electrons. The fourth-order valence-electron chi connectivity index (χ4n) is 2.11. The SMILES string of the molecule is COCCNC(=O)[C@H]1CC(c2cc(OC)ccc2OC)=NO1. The molecule has 1 atom stereocenters. The van der Waals surface area contributed by atoms with E-state index in [1.54, 1.807) is 33.5 Å². The van der Waals surface area contributed by atoms with Crippen molar-refractivity contribution in [3.8, 4) is 11.5 Å². The average Bonchev–Trinajstić information content (AvgIpc) is 3.04. The molecule has 1 aliphatic rings. The summed E-state index contributed by atoms with van der Waals surface area (Å²) in [6.45, 7) is 0.892. The molecular weight excluding hydrogens is 288 g/mol. The van der Waals surface area contributed by atoms with Gasteiger partial charge in [-0.3, -0.25) is 4.79 Å². The van der Waals surface area contributed by atoms with E-state index in [1.807, 2.05) is 6.07 Å². The molecule has 0 unspecified atom stereocenters. The normalized spacial score (nSPS) is 16.7. The Morgan fingerprint density at radius 2 is 2.18 bits per heavy atom. The molecule has 0 saturated heterocycles. The van der Waals surface area contributed by atoms with Gasteiger partial charge in [0.05, 0.1) is 26.5 Å². The van der Waals surface area contributed by atoms with Crippen molar-refractivity contribution in [3.05, 3.63) is 23.8 Å². The van der Waals surface area contributed by atoms with E-state index in [4.69, 9.17) is 19.0 Å². The van der Waals surface area contributed by atoms with Crippen LogP contribution < -0.4 is 14.8 Å². The highest BCUT2D eigenvalue weighted by Crippen LogP contribution is 2.28. The first-order valence-corrected chi connectivity index (χ1v) is 6.91. The molecule has 0 aromatic heterocycles. The number of rotatable bonds is 7. The summed E-state index contributed by atoms with van der Waals surface area (Å²) in [5.74, 6) is 1.13. The second-order valence-corrected chi connectivity index (χ2v) is 4.69. The van der Waals surface area contributed by atoms with Crippen molar-refractivity contribution in [2.24, 2.45) is 5.16 Å². The molecule has 1 heterocycles. The van der Waals surface area contributed by atoms with E-state index in [9.17, 15) is 4.79 Å². The summed E-state index contributed by atoms with van der Waals surface area (Å²) in [6, 6.07) is 5.41. The van der Waals surface area contributed by atoms with Crippen molar-refractivity contribution >= 4 is 11.6 Å². The molecule has 1 amide bonds. The number of carbonyl (C=O) groups is 1. The number of amides is 1. The number of oxime groups is 1. The van der Waals surface area contributed by atoms with E-state index in [1.165, 1.54) is 0 Å². The molecule has 7 heteroatoms. The van der Waals surface area contributed by atoms with E-state index in [0.717, 1.165) is 5.56 Å². The fourth-order valence-corrected chi connectivity index (χ4v) is 2.11. The third-order valence-electron chi connectivity index (χ3n) is 3.28. The fraction of sp³-hybridized carbons (Fsp3) is 0.467. The molecule has 0 aliphatic carbocycles. The standard InChI is InChI=1S/C15H20N2O5/c1-19-7-6-16-15(18)14-9-12(17-22-14)11-8-10(20-2)4-5-13(11)21-3/h4-5,8,14H,6-7,9H2,1-3H3,(H,16,18)/t14-/m1/s1. The van der Waals surface area contributed by atoms with Crippen LogP contribution in [0.2, 0.25) is 0 Å². The predicted octanol–water partition coefficient (Wildman–Crippen LogP) is 0.959. The number of nitrogens with one attached hydrogen (secondary N) is 1. The Morgan fingerprint density at radius 3 is 2.86 bits per heavy atom. The van der Waals surface area contributed by atoms with Crippen LogP contribution in [0.1, 0.15) is 12.0 Å². The summed E-state index contributed by atoms with van der Waals surface area (Å²) in [5.41, 5.74) is 1.41. The lowest BCUT2D eigenvalue weighted by Crippen LogP contribution is -2.36. The van der Waals surface area contributed by atoms with Crippen molar-refractivity contribution in [2.45, 2.75) is 12.5 Å². The molecule has 0 bridgehead atoms. The number of ether oxygens (including phenoxy) is 3. The van der Waals surface area contributed by atoms with Gasteiger partial charge in [-0.05, 0) is 18.2 Å². The smallest absolute Gasteiger partial charge is 0.264 e. The molecule has 0 spiro atoms. The molecule has 0 saturated carbocycles. The highest BCUT2D eigenvalue weighted by molar-refractivity contribution is 6.06. The Kier molecular flexibility index (Phi) is 5.60. The van der Waals surface area contributed by atoms with Gasteiger partial charge in [-0.2, -0.15) is 0 Å². The van der Waals surface area contributed by atoms with Crippen LogP contribution in [0.5, 0.6) is 11.5 Å². The van der Waals surface area contributed by atoms with Gasteiger partial charge in [0.15, 0.2) is 0 Å². The first kappa shape index (κ1) is 16.1. The summed E-state index contributed by atoms with van der Waals surface area (Å²) < 4.78 is 15.4. The van der Waals surface area contributed by atoms with Crippen molar-refractivity contribution in [3.63, 3.8) is 0 Å². The molecule has 120 valence electrons. The zero-order valence-electron chi connectivity index (χ0n) is 12.9. The molecule has 7 nitrogen and oxygen atoms in total. The van der Waals surface area contributed by atoms with Gasteiger partial charge in [0.2, 0.25) is 6.10 Å². The third-order valence-corrected chi connectivity index (χ3v) is 3.28. The number of hydrogen-bond acceptors (Lipinski definition) is 6. The number of carbonyl (C=O) groups excluding carboxylic acids is 1. The van der Waals surface area contributed by atoms with E-state index >= 15 is 0 Å². The largest absolute Gasteiger partial charge is 0.497 e. The minimum absolute atomic E-state index is 0.210. The minimum Gasteiger partial charge on any atom is -0.497 e. The Hall–Kier alpha value is -2.28. The Labute approximate surface area is 129 Å². The predicted molar refractivity (Wildman–Crippen MR) is 80.5 cm³/mol. The Morgan fingerprint density at radius 1 is 1.36 bits per heavy atom. The van der Waals surface area contributed by atoms with Gasteiger partial charge in [-0.1, -0.05) is 5.16 Å². The Balaban J connectivity index is 2.05. The van der Waals surface area contributed by atoms with Gasteiger partial charge in [-0.25, -0.2) is 0 Å². The van der Waals surface area contributed by atoms with Gasteiger partial charge in [0.1, 0.15) is 11.5 Å². The van der Waals surface area contributed by atoms with Crippen LogP contribution in [-0.4, -0.2) is 52.2 Å². The van der Waals surface area contributed by atoms with Gasteiger partial charge in [0, 0.05) is 25.6 Å². The maximum atomic E-state index is 12.0. The quantitative estimate of drug-likeness (QED) is 0.759. The summed E-state index contributed by atoms with van der Waals surface area (Å²) in [5, 5.41) is 6.74. The van der Waals surface area contributed by atoms with E-state index in [-0.39, 0.29) is 5.91 Å². The van der Waals surface area contributed by atoms with Crippen LogP contribution in [0, 0.1) is 0 Å². The summed E-state index contributed by atoms with van der Waals surface area (Å²) in [7, 11) is 4.75. The molecule has 1 aromatic rings. The number of nitrogens with zero attached hydrogens (tertiary/aromatic N) is 1. The molecule has 0 fully saturated rings. The highest BCUT2D eigenvalue weighted by atomic mass is 16.6. The third kappa shape index (κ3) is 3.67. The zero-order chi connectivity index (χ0) is 15.9. The molecule has 22 heavy (non-hydrogen) atoms. The average molecular weight is 308 g/mol.